The Morgan fingerprint density at radius 1 is 1.03 bits per heavy atom. The average molecular weight is 473 g/mol. The normalized spacial score (nSPS) is 13.9. The molecule has 2 aromatic rings. The van der Waals surface area contributed by atoms with Crippen LogP contribution in [0.1, 0.15) is 35.7 Å². The van der Waals surface area contributed by atoms with Crippen LogP contribution in [0.2, 0.25) is 0 Å². The third-order valence-corrected chi connectivity index (χ3v) is 5.40. The number of hydrogen-bond donors (Lipinski definition) is 0. The first-order valence-electron chi connectivity index (χ1n) is 10.2. The van der Waals surface area contributed by atoms with E-state index in [2.05, 4.69) is 4.74 Å². The lowest BCUT2D eigenvalue weighted by Crippen LogP contribution is -2.55. The maximum atomic E-state index is 12.8. The second kappa shape index (κ2) is 10.3. The van der Waals surface area contributed by atoms with Crippen molar-refractivity contribution in [3.63, 3.8) is 0 Å². The van der Waals surface area contributed by atoms with Gasteiger partial charge in [0.15, 0.2) is 16.6 Å². The Hall–Kier alpha value is -3.66. The summed E-state index contributed by atoms with van der Waals surface area (Å²) in [4.78, 5) is 39.9. The molecule has 1 fully saturated rings. The number of nitrogens with zero attached hydrogens (tertiary/aromatic N) is 2. The fourth-order valence-corrected chi connectivity index (χ4v) is 3.68. The van der Waals surface area contributed by atoms with Crippen molar-refractivity contribution < 1.29 is 33.0 Å². The molecule has 0 saturated carbocycles. The monoisotopic (exact) mass is 472 g/mol. The molecule has 1 aliphatic rings. The van der Waals surface area contributed by atoms with Gasteiger partial charge < -0.3 is 18.6 Å². The third-order valence-electron chi connectivity index (χ3n) is 4.96. The lowest BCUT2D eigenvalue weighted by molar-refractivity contribution is -0.133. The predicted octanol–water partition coefficient (Wildman–Crippen LogP) is 3.03. The summed E-state index contributed by atoms with van der Waals surface area (Å²) in [5.41, 5.74) is 0.607. The maximum Gasteiger partial charge on any atom is 0.373 e. The standard InChI is InChI=1S/C23H24N2O7S/c1-5-24-20(26)16(21(27)25(6-2)23(24)33)11-14-7-9-17(19(12-14)29-3)31-13-15-8-10-18(32-15)22(28)30-4/h7-12H,5-6,13H2,1-4H3. The van der Waals surface area contributed by atoms with E-state index < -0.39 is 17.8 Å². The summed E-state index contributed by atoms with van der Waals surface area (Å²) in [6.45, 7) is 4.37. The molecule has 1 aromatic heterocycles. The lowest BCUT2D eigenvalue weighted by Gasteiger charge is -2.35. The van der Waals surface area contributed by atoms with Gasteiger partial charge in [0, 0.05) is 13.1 Å². The first kappa shape index (κ1) is 24.0. The van der Waals surface area contributed by atoms with Gasteiger partial charge in [-0.05, 0) is 62.0 Å². The molecular weight excluding hydrogens is 448 g/mol. The van der Waals surface area contributed by atoms with Crippen LogP contribution >= 0.6 is 12.2 Å². The summed E-state index contributed by atoms with van der Waals surface area (Å²) in [6.07, 6.45) is 1.51. The van der Waals surface area contributed by atoms with Crippen molar-refractivity contribution in [1.82, 2.24) is 9.80 Å². The molecule has 0 atom stereocenters. The van der Waals surface area contributed by atoms with Crippen molar-refractivity contribution in [3.05, 3.63) is 53.0 Å². The van der Waals surface area contributed by atoms with E-state index in [0.29, 0.717) is 35.9 Å². The van der Waals surface area contributed by atoms with Crippen LogP contribution in [0.5, 0.6) is 11.5 Å². The van der Waals surface area contributed by atoms with Gasteiger partial charge in [0.25, 0.3) is 11.8 Å². The number of carbonyl (C=O) groups is 3. The molecule has 0 aliphatic carbocycles. The number of rotatable bonds is 8. The first-order chi connectivity index (χ1) is 15.8. The number of likely N-dealkylation sites (N-methyl/N-ethyl adjacent to an activating group) is 2. The highest BCUT2D eigenvalue weighted by atomic mass is 32.1. The lowest BCUT2D eigenvalue weighted by atomic mass is 10.1. The van der Waals surface area contributed by atoms with E-state index in [-0.39, 0.29) is 23.1 Å². The largest absolute Gasteiger partial charge is 0.493 e. The van der Waals surface area contributed by atoms with Crippen molar-refractivity contribution in [2.45, 2.75) is 20.5 Å². The van der Waals surface area contributed by atoms with Crippen LogP contribution in [0.15, 0.2) is 40.3 Å². The number of benzene rings is 1. The topological polar surface area (TPSA) is 98.5 Å². The van der Waals surface area contributed by atoms with Gasteiger partial charge in [-0.25, -0.2) is 4.79 Å². The Bertz CT molecular complexity index is 1090. The van der Waals surface area contributed by atoms with Gasteiger partial charge in [0.2, 0.25) is 5.76 Å². The molecule has 0 bridgehead atoms. The molecule has 10 heteroatoms. The van der Waals surface area contributed by atoms with Gasteiger partial charge >= 0.3 is 5.97 Å². The number of hydrogen-bond acceptors (Lipinski definition) is 8. The summed E-state index contributed by atoms with van der Waals surface area (Å²) in [5.74, 6) is -0.122. The minimum Gasteiger partial charge on any atom is -0.493 e. The van der Waals surface area contributed by atoms with E-state index in [1.807, 2.05) is 0 Å². The van der Waals surface area contributed by atoms with E-state index >= 15 is 0 Å². The maximum absolute atomic E-state index is 12.8. The number of amides is 2. The van der Waals surface area contributed by atoms with Crippen LogP contribution in [0, 0.1) is 0 Å². The Balaban J connectivity index is 1.82. The van der Waals surface area contributed by atoms with Crippen LogP contribution in [0.4, 0.5) is 0 Å². The Morgan fingerprint density at radius 2 is 1.70 bits per heavy atom. The molecule has 1 aliphatic heterocycles. The minimum absolute atomic E-state index is 0.0222. The van der Waals surface area contributed by atoms with Crippen molar-refractivity contribution in [2.75, 3.05) is 27.3 Å². The van der Waals surface area contributed by atoms with Gasteiger partial charge in [-0.3, -0.25) is 19.4 Å². The molecular formula is C23H24N2O7S. The van der Waals surface area contributed by atoms with Crippen LogP contribution in [-0.4, -0.2) is 60.0 Å². The van der Waals surface area contributed by atoms with Crippen LogP contribution < -0.4 is 9.47 Å². The number of furan rings is 1. The Kier molecular flexibility index (Phi) is 7.49. The molecule has 174 valence electrons. The predicted molar refractivity (Wildman–Crippen MR) is 123 cm³/mol. The molecule has 0 N–H and O–H groups in total. The second-order valence-electron chi connectivity index (χ2n) is 6.90. The first-order valence-corrected chi connectivity index (χ1v) is 10.6. The number of ether oxygens (including phenoxy) is 3. The van der Waals surface area contributed by atoms with Gasteiger partial charge in [0.05, 0.1) is 14.2 Å². The fraction of sp³-hybridized carbons (Fsp3) is 0.304. The van der Waals surface area contributed by atoms with Gasteiger partial charge in [-0.1, -0.05) is 6.07 Å². The van der Waals surface area contributed by atoms with E-state index in [1.54, 1.807) is 38.1 Å². The summed E-state index contributed by atoms with van der Waals surface area (Å²) < 4.78 is 21.2. The smallest absolute Gasteiger partial charge is 0.373 e. The highest BCUT2D eigenvalue weighted by Gasteiger charge is 2.37. The van der Waals surface area contributed by atoms with Crippen LogP contribution in [0.25, 0.3) is 6.08 Å². The van der Waals surface area contributed by atoms with Crippen LogP contribution in [-0.2, 0) is 20.9 Å². The summed E-state index contributed by atoms with van der Waals surface area (Å²) in [6, 6.07) is 8.13. The number of thiocarbonyl (C=S) groups is 1. The molecule has 1 saturated heterocycles. The minimum atomic E-state index is -0.577. The van der Waals surface area contributed by atoms with Gasteiger partial charge in [0.1, 0.15) is 17.9 Å². The summed E-state index contributed by atoms with van der Waals surface area (Å²) in [5, 5.41) is 0.210. The highest BCUT2D eigenvalue weighted by Crippen LogP contribution is 2.30. The average Bonchev–Trinajstić information content (AvgIpc) is 3.30. The molecule has 33 heavy (non-hydrogen) atoms. The van der Waals surface area contributed by atoms with Gasteiger partial charge in [-0.2, -0.15) is 0 Å². The molecule has 2 amide bonds. The van der Waals surface area contributed by atoms with Crippen LogP contribution in [0.3, 0.4) is 0 Å². The number of carbonyl (C=O) groups excluding carboxylic acids is 3. The fourth-order valence-electron chi connectivity index (χ4n) is 3.26. The zero-order valence-corrected chi connectivity index (χ0v) is 19.6. The van der Waals surface area contributed by atoms with Crippen molar-refractivity contribution >= 4 is 41.2 Å². The molecule has 0 unspecified atom stereocenters. The molecule has 9 nitrogen and oxygen atoms in total. The zero-order valence-electron chi connectivity index (χ0n) is 18.7. The van der Waals surface area contributed by atoms with Gasteiger partial charge in [-0.15, -0.1) is 0 Å². The molecule has 2 heterocycles. The Morgan fingerprint density at radius 3 is 2.27 bits per heavy atom. The summed E-state index contributed by atoms with van der Waals surface area (Å²) >= 11 is 5.28. The molecule has 1 aromatic carbocycles. The summed E-state index contributed by atoms with van der Waals surface area (Å²) in [7, 11) is 2.75. The second-order valence-corrected chi connectivity index (χ2v) is 7.26. The SMILES string of the molecule is CCN1C(=O)C(=Cc2ccc(OCc3ccc(C(=O)OC)o3)c(OC)c2)C(=O)N(CC)C1=S. The van der Waals surface area contributed by atoms with E-state index in [0.717, 1.165) is 0 Å². The molecule has 0 radical (unpaired) electrons. The van der Waals surface area contributed by atoms with E-state index in [1.165, 1.54) is 36.2 Å². The van der Waals surface area contributed by atoms with E-state index in [4.69, 9.17) is 26.1 Å². The van der Waals surface area contributed by atoms with Crippen molar-refractivity contribution in [1.29, 1.82) is 0 Å². The molecule has 3 rings (SSSR count). The Labute approximate surface area is 196 Å². The quantitative estimate of drug-likeness (QED) is 0.250. The third kappa shape index (κ3) is 4.90. The van der Waals surface area contributed by atoms with E-state index in [9.17, 15) is 14.4 Å². The number of methoxy groups -OCH3 is 2. The highest BCUT2D eigenvalue weighted by molar-refractivity contribution is 7.80. The number of esters is 1. The van der Waals surface area contributed by atoms with Crippen molar-refractivity contribution in [2.24, 2.45) is 0 Å². The molecule has 0 spiro atoms. The van der Waals surface area contributed by atoms with Crippen molar-refractivity contribution in [3.8, 4) is 11.5 Å². The zero-order chi connectivity index (χ0) is 24.1.